The van der Waals surface area contributed by atoms with E-state index in [1.807, 2.05) is 0 Å². The molecule has 0 rings (SSSR count). The molecule has 0 heterocycles. The van der Waals surface area contributed by atoms with E-state index in [4.69, 9.17) is 9.79 Å². The first kappa shape index (κ1) is 11.3. The number of hydrogen-bond donors (Lipinski definition) is 2. The van der Waals surface area contributed by atoms with Crippen molar-refractivity contribution in [2.45, 2.75) is 0 Å². The largest absolute Gasteiger partial charge is 1.00 e. The van der Waals surface area contributed by atoms with Crippen molar-refractivity contribution >= 4 is 7.60 Å². The molecule has 0 aromatic rings. The van der Waals surface area contributed by atoms with Crippen molar-refractivity contribution in [1.29, 1.82) is 0 Å². The molecule has 44 valence electrons. The van der Waals surface area contributed by atoms with Gasteiger partial charge < -0.3 is 11.2 Å². The first-order valence-electron chi connectivity index (χ1n) is 1.72. The molecule has 0 aliphatic carbocycles. The molecule has 5 heteroatoms. The molecule has 3 nitrogen and oxygen atoms in total. The van der Waals surface area contributed by atoms with Crippen molar-refractivity contribution < 1.29 is 34.6 Å². The molecule has 0 aliphatic rings. The summed E-state index contributed by atoms with van der Waals surface area (Å²) in [7, 11) is -3.78. The minimum atomic E-state index is -3.78. The Morgan fingerprint density at radius 3 is 2.12 bits per heavy atom. The SMILES string of the molecule is C=CCP(=O)(O)O.[H-].[Li+]. The fourth-order valence-electron chi connectivity index (χ4n) is 0.168. The van der Waals surface area contributed by atoms with Crippen molar-refractivity contribution in [2.24, 2.45) is 0 Å². The molecule has 0 bridgehead atoms. The van der Waals surface area contributed by atoms with Crippen LogP contribution in [0.25, 0.3) is 0 Å². The molecule has 0 unspecified atom stereocenters. The smallest absolute Gasteiger partial charge is 1.00 e. The zero-order valence-corrected chi connectivity index (χ0v) is 5.64. The van der Waals surface area contributed by atoms with E-state index in [1.165, 1.54) is 6.08 Å². The maximum Gasteiger partial charge on any atom is 1.00 e. The van der Waals surface area contributed by atoms with E-state index in [0.29, 0.717) is 0 Å². The Bertz CT molecular complexity index is 112. The van der Waals surface area contributed by atoms with Crippen LogP contribution in [0.15, 0.2) is 12.7 Å². The zero-order valence-electron chi connectivity index (χ0n) is 5.74. The summed E-state index contributed by atoms with van der Waals surface area (Å²) in [4.78, 5) is 16.1. The summed E-state index contributed by atoms with van der Waals surface area (Å²) in [6.07, 6.45) is 0.966. The summed E-state index contributed by atoms with van der Waals surface area (Å²) >= 11 is 0. The molecule has 8 heavy (non-hydrogen) atoms. The summed E-state index contributed by atoms with van der Waals surface area (Å²) < 4.78 is 9.85. The molecule has 0 saturated carbocycles. The predicted octanol–water partition coefficient (Wildman–Crippen LogP) is -2.53. The van der Waals surface area contributed by atoms with Crippen LogP contribution < -0.4 is 18.9 Å². The first-order chi connectivity index (χ1) is 3.06. The third-order valence-electron chi connectivity index (χ3n) is 0.367. The number of rotatable bonds is 2. The Hall–Kier alpha value is 0.487. The van der Waals surface area contributed by atoms with E-state index in [-0.39, 0.29) is 26.4 Å². The van der Waals surface area contributed by atoms with Gasteiger partial charge in [-0.25, -0.2) is 0 Å². The monoisotopic (exact) mass is 130 g/mol. The van der Waals surface area contributed by atoms with Crippen molar-refractivity contribution in [3.8, 4) is 0 Å². The predicted molar refractivity (Wildman–Crippen MR) is 28.2 cm³/mol. The standard InChI is InChI=1S/C3H7O3P.Li.H/c1-2-3-7(4,5)6;;/h2H,1,3H2,(H2,4,5,6);;/q;+1;-1. The Kier molecular flexibility index (Phi) is 6.18. The van der Waals surface area contributed by atoms with E-state index in [1.54, 1.807) is 0 Å². The van der Waals surface area contributed by atoms with Gasteiger partial charge in [-0.3, -0.25) is 4.57 Å². The summed E-state index contributed by atoms with van der Waals surface area (Å²) in [5.41, 5.74) is 0. The second kappa shape index (κ2) is 4.37. The van der Waals surface area contributed by atoms with Crippen molar-refractivity contribution in [1.82, 2.24) is 0 Å². The second-order valence-electron chi connectivity index (χ2n) is 1.14. The van der Waals surface area contributed by atoms with Gasteiger partial charge in [0, 0.05) is 0 Å². The van der Waals surface area contributed by atoms with E-state index < -0.39 is 7.60 Å². The van der Waals surface area contributed by atoms with Crippen LogP contribution in [0.3, 0.4) is 0 Å². The Morgan fingerprint density at radius 1 is 1.75 bits per heavy atom. The second-order valence-corrected chi connectivity index (χ2v) is 2.83. The van der Waals surface area contributed by atoms with Gasteiger partial charge in [0.15, 0.2) is 0 Å². The van der Waals surface area contributed by atoms with Gasteiger partial charge in [-0.05, 0) is 0 Å². The van der Waals surface area contributed by atoms with Gasteiger partial charge in [0.25, 0.3) is 0 Å². The van der Waals surface area contributed by atoms with Gasteiger partial charge in [0.1, 0.15) is 0 Å². The molecule has 0 aromatic heterocycles. The fraction of sp³-hybridized carbons (Fsp3) is 0.333. The molecule has 2 N–H and O–H groups in total. The van der Waals surface area contributed by atoms with Crippen molar-refractivity contribution in [2.75, 3.05) is 6.16 Å². The van der Waals surface area contributed by atoms with Gasteiger partial charge in [-0.2, -0.15) is 0 Å². The van der Waals surface area contributed by atoms with E-state index in [0.717, 1.165) is 0 Å². The van der Waals surface area contributed by atoms with Crippen molar-refractivity contribution in [3.63, 3.8) is 0 Å². The molecular formula is C3H8LiO3P. The Labute approximate surface area is 61.6 Å². The average molecular weight is 130 g/mol. The molecule has 0 aliphatic heterocycles. The molecule has 0 aromatic carbocycles. The summed E-state index contributed by atoms with van der Waals surface area (Å²) in [6.45, 7) is 3.15. The minimum absolute atomic E-state index is 0. The molecule has 0 amide bonds. The molecule has 0 atom stereocenters. The van der Waals surface area contributed by atoms with E-state index in [2.05, 4.69) is 6.58 Å². The normalized spacial score (nSPS) is 9.75. The summed E-state index contributed by atoms with van der Waals surface area (Å²) in [6, 6.07) is 0. The topological polar surface area (TPSA) is 57.5 Å². The van der Waals surface area contributed by atoms with Gasteiger partial charge in [0.2, 0.25) is 0 Å². The minimum Gasteiger partial charge on any atom is -1.00 e. The maximum atomic E-state index is 9.85. The van der Waals surface area contributed by atoms with Gasteiger partial charge in [0.05, 0.1) is 6.16 Å². The Morgan fingerprint density at radius 2 is 2.12 bits per heavy atom. The summed E-state index contributed by atoms with van der Waals surface area (Å²) in [5, 5.41) is 0. The maximum absolute atomic E-state index is 9.85. The van der Waals surface area contributed by atoms with Crippen LogP contribution in [0, 0.1) is 0 Å². The van der Waals surface area contributed by atoms with Gasteiger partial charge >= 0.3 is 26.5 Å². The van der Waals surface area contributed by atoms with Crippen LogP contribution in [0.1, 0.15) is 1.43 Å². The Balaban J connectivity index is -0.000000180. The molecule has 0 radical (unpaired) electrons. The molecule has 0 spiro atoms. The van der Waals surface area contributed by atoms with E-state index >= 15 is 0 Å². The van der Waals surface area contributed by atoms with Crippen LogP contribution in [-0.4, -0.2) is 15.9 Å². The number of hydrogen-bond acceptors (Lipinski definition) is 1. The fourth-order valence-corrected chi connectivity index (χ4v) is 0.505. The first-order valence-corrected chi connectivity index (χ1v) is 3.51. The quantitative estimate of drug-likeness (QED) is 0.246. The van der Waals surface area contributed by atoms with Crippen LogP contribution >= 0.6 is 7.60 Å². The van der Waals surface area contributed by atoms with Crippen LogP contribution in [0.4, 0.5) is 0 Å². The molecule has 0 fully saturated rings. The third kappa shape index (κ3) is 9.70. The van der Waals surface area contributed by atoms with Gasteiger partial charge in [-0.1, -0.05) is 6.08 Å². The van der Waals surface area contributed by atoms with Crippen LogP contribution in [0.2, 0.25) is 0 Å². The third-order valence-corrected chi connectivity index (χ3v) is 1.10. The van der Waals surface area contributed by atoms with Crippen LogP contribution in [-0.2, 0) is 4.57 Å². The molecule has 0 saturated heterocycles. The van der Waals surface area contributed by atoms with E-state index in [9.17, 15) is 4.57 Å². The molecular weight excluding hydrogens is 122 g/mol. The van der Waals surface area contributed by atoms with Crippen LogP contribution in [0.5, 0.6) is 0 Å². The average Bonchev–Trinajstić information content (AvgIpc) is 1.30. The van der Waals surface area contributed by atoms with Crippen molar-refractivity contribution in [3.05, 3.63) is 12.7 Å². The number of allylic oxidation sites excluding steroid dienone is 1. The zero-order chi connectivity index (χ0) is 5.91. The summed E-state index contributed by atoms with van der Waals surface area (Å²) in [5.74, 6) is 0. The van der Waals surface area contributed by atoms with Gasteiger partial charge in [-0.15, -0.1) is 6.58 Å².